The molecule has 2 N–H and O–H groups in total. The smallest absolute Gasteiger partial charge is 0.253 e. The second kappa shape index (κ2) is 10.8. The Hall–Kier alpha value is -3.55. The third kappa shape index (κ3) is 5.93. The molecule has 2 aromatic carbocycles. The molecule has 0 spiro atoms. The molecule has 0 radical (unpaired) electrons. The van der Waals surface area contributed by atoms with Crippen LogP contribution < -0.4 is 20.1 Å². The molecule has 8 nitrogen and oxygen atoms in total. The molecule has 0 bridgehead atoms. The van der Waals surface area contributed by atoms with Crippen molar-refractivity contribution in [1.82, 2.24) is 15.5 Å². The van der Waals surface area contributed by atoms with Crippen LogP contribution in [0.2, 0.25) is 0 Å². The van der Waals surface area contributed by atoms with Crippen LogP contribution in [0.4, 0.5) is 0 Å². The Morgan fingerprint density at radius 2 is 1.74 bits per heavy atom. The van der Waals surface area contributed by atoms with Gasteiger partial charge in [-0.25, -0.2) is 0 Å². The number of amides is 3. The minimum atomic E-state index is -0.692. The highest BCUT2D eigenvalue weighted by molar-refractivity contribution is 5.98. The van der Waals surface area contributed by atoms with Crippen molar-refractivity contribution < 1.29 is 23.9 Å². The van der Waals surface area contributed by atoms with Crippen LogP contribution in [0.1, 0.15) is 53.0 Å². The van der Waals surface area contributed by atoms with Gasteiger partial charge in [0, 0.05) is 30.8 Å². The third-order valence-corrected chi connectivity index (χ3v) is 6.45. The van der Waals surface area contributed by atoms with Crippen LogP contribution in [0.25, 0.3) is 0 Å². The van der Waals surface area contributed by atoms with Gasteiger partial charge in [-0.1, -0.05) is 31.5 Å². The first kappa shape index (κ1) is 24.6. The van der Waals surface area contributed by atoms with Crippen molar-refractivity contribution in [2.24, 2.45) is 11.8 Å². The Balaban J connectivity index is 1.44. The number of likely N-dealkylation sites (tertiary alicyclic amines) is 1. The fraction of sp³-hybridized carbons (Fsp3) is 0.444. The van der Waals surface area contributed by atoms with Gasteiger partial charge >= 0.3 is 0 Å². The second-order valence-electron chi connectivity index (χ2n) is 9.66. The molecule has 0 aromatic heterocycles. The summed E-state index contributed by atoms with van der Waals surface area (Å²) < 4.78 is 10.7. The highest BCUT2D eigenvalue weighted by Gasteiger charge is 2.34. The van der Waals surface area contributed by atoms with Crippen LogP contribution in [0.5, 0.6) is 11.5 Å². The van der Waals surface area contributed by atoms with Gasteiger partial charge in [-0.2, -0.15) is 0 Å². The quantitative estimate of drug-likeness (QED) is 0.636. The third-order valence-electron chi connectivity index (χ3n) is 6.45. The molecule has 1 saturated heterocycles. The minimum Gasteiger partial charge on any atom is -0.454 e. The Morgan fingerprint density at radius 3 is 2.46 bits per heavy atom. The van der Waals surface area contributed by atoms with E-state index in [4.69, 9.17) is 9.47 Å². The lowest BCUT2D eigenvalue weighted by molar-refractivity contribution is -0.124. The topological polar surface area (TPSA) is 97.0 Å². The zero-order valence-corrected chi connectivity index (χ0v) is 20.5. The average molecular weight is 480 g/mol. The van der Waals surface area contributed by atoms with Gasteiger partial charge in [0.15, 0.2) is 11.5 Å². The van der Waals surface area contributed by atoms with Crippen molar-refractivity contribution in [2.45, 2.75) is 39.7 Å². The molecule has 4 rings (SSSR count). The number of hydrogen-bond donors (Lipinski definition) is 2. The number of ether oxygens (including phenoxy) is 2. The van der Waals surface area contributed by atoms with Gasteiger partial charge in [-0.15, -0.1) is 0 Å². The Kier molecular flexibility index (Phi) is 7.58. The molecule has 1 atom stereocenters. The number of fused-ring (bicyclic) bond motifs is 1. The zero-order valence-electron chi connectivity index (χ0n) is 20.5. The van der Waals surface area contributed by atoms with Crippen molar-refractivity contribution >= 4 is 17.7 Å². The molecular weight excluding hydrogens is 446 g/mol. The van der Waals surface area contributed by atoms with E-state index < -0.39 is 6.04 Å². The lowest BCUT2D eigenvalue weighted by atomic mass is 9.88. The maximum Gasteiger partial charge on any atom is 0.253 e. The molecule has 8 heteroatoms. The van der Waals surface area contributed by atoms with Gasteiger partial charge in [-0.3, -0.25) is 14.4 Å². The SMILES string of the molecule is Cc1cccc(C(=O)N2CCC(C(NC(=O)c3ccc4c(c3)OCO4)C(=O)NCC(C)C)CC2)c1. The summed E-state index contributed by atoms with van der Waals surface area (Å²) in [6.07, 6.45) is 1.25. The molecule has 2 aliphatic heterocycles. The van der Waals surface area contributed by atoms with Crippen LogP contribution in [0.15, 0.2) is 42.5 Å². The van der Waals surface area contributed by atoms with Crippen molar-refractivity contribution in [1.29, 1.82) is 0 Å². The van der Waals surface area contributed by atoms with Gasteiger partial charge in [-0.05, 0) is 61.9 Å². The minimum absolute atomic E-state index is 0.00245. The van der Waals surface area contributed by atoms with E-state index in [0.717, 1.165) is 5.56 Å². The molecule has 1 unspecified atom stereocenters. The summed E-state index contributed by atoms with van der Waals surface area (Å²) in [7, 11) is 0. The molecule has 0 saturated carbocycles. The number of rotatable bonds is 7. The summed E-state index contributed by atoms with van der Waals surface area (Å²) in [5.41, 5.74) is 2.12. The van der Waals surface area contributed by atoms with Crippen molar-refractivity contribution in [3.05, 3.63) is 59.2 Å². The maximum atomic E-state index is 13.1. The summed E-state index contributed by atoms with van der Waals surface area (Å²) in [4.78, 5) is 41.0. The fourth-order valence-electron chi connectivity index (χ4n) is 4.47. The van der Waals surface area contributed by atoms with E-state index in [1.807, 2.05) is 49.9 Å². The van der Waals surface area contributed by atoms with Crippen molar-refractivity contribution in [2.75, 3.05) is 26.4 Å². The standard InChI is InChI=1S/C27H33N3O5/c1-17(2)15-28-26(32)24(29-25(31)20-7-8-22-23(14-20)35-16-34-22)19-9-11-30(12-10-19)27(33)21-6-4-5-18(3)13-21/h4-8,13-14,17,19,24H,9-12,15-16H2,1-3H3,(H,28,32)(H,29,31). The predicted octanol–water partition coefficient (Wildman–Crippen LogP) is 3.15. The number of aryl methyl sites for hydroxylation is 1. The van der Waals surface area contributed by atoms with E-state index in [-0.39, 0.29) is 36.4 Å². The summed E-state index contributed by atoms with van der Waals surface area (Å²) in [5, 5.41) is 5.92. The molecule has 2 aromatic rings. The van der Waals surface area contributed by atoms with Crippen LogP contribution in [0, 0.1) is 18.8 Å². The Labute approximate surface area is 206 Å². The summed E-state index contributed by atoms with van der Waals surface area (Å²) >= 11 is 0. The highest BCUT2D eigenvalue weighted by atomic mass is 16.7. The summed E-state index contributed by atoms with van der Waals surface area (Å²) in [5.74, 6) is 0.777. The normalized spacial score (nSPS) is 16.2. The first-order valence-electron chi connectivity index (χ1n) is 12.2. The van der Waals surface area contributed by atoms with E-state index in [2.05, 4.69) is 10.6 Å². The number of carbonyl (C=O) groups is 3. The number of benzene rings is 2. The predicted molar refractivity (Wildman–Crippen MR) is 131 cm³/mol. The number of nitrogens with one attached hydrogen (secondary N) is 2. The molecule has 2 heterocycles. The Morgan fingerprint density at radius 1 is 1.00 bits per heavy atom. The fourth-order valence-corrected chi connectivity index (χ4v) is 4.47. The van der Waals surface area contributed by atoms with Gasteiger partial charge in [0.25, 0.3) is 11.8 Å². The zero-order chi connectivity index (χ0) is 24.9. The second-order valence-corrected chi connectivity index (χ2v) is 9.66. The van der Waals surface area contributed by atoms with Crippen LogP contribution in [0.3, 0.4) is 0 Å². The molecule has 0 aliphatic carbocycles. The summed E-state index contributed by atoms with van der Waals surface area (Å²) in [6, 6.07) is 11.9. The lowest BCUT2D eigenvalue weighted by Gasteiger charge is -2.36. The average Bonchev–Trinajstić information content (AvgIpc) is 3.33. The van der Waals surface area contributed by atoms with Gasteiger partial charge in [0.05, 0.1) is 0 Å². The Bertz CT molecular complexity index is 1090. The molecule has 186 valence electrons. The van der Waals surface area contributed by atoms with E-state index in [1.165, 1.54) is 0 Å². The molecule has 35 heavy (non-hydrogen) atoms. The molecule has 2 aliphatic rings. The lowest BCUT2D eigenvalue weighted by Crippen LogP contribution is -2.54. The van der Waals surface area contributed by atoms with Gasteiger partial charge in [0.1, 0.15) is 6.04 Å². The van der Waals surface area contributed by atoms with Gasteiger partial charge < -0.3 is 25.0 Å². The molecule has 1 fully saturated rings. The van der Waals surface area contributed by atoms with E-state index in [1.54, 1.807) is 18.2 Å². The van der Waals surface area contributed by atoms with Crippen molar-refractivity contribution in [3.63, 3.8) is 0 Å². The van der Waals surface area contributed by atoms with Crippen LogP contribution >= 0.6 is 0 Å². The molecular formula is C27H33N3O5. The van der Waals surface area contributed by atoms with Crippen molar-refractivity contribution in [3.8, 4) is 11.5 Å². The molecule has 3 amide bonds. The number of hydrogen-bond acceptors (Lipinski definition) is 5. The summed E-state index contributed by atoms with van der Waals surface area (Å²) in [6.45, 7) is 7.73. The highest BCUT2D eigenvalue weighted by Crippen LogP contribution is 2.32. The first-order valence-corrected chi connectivity index (χ1v) is 12.2. The number of piperidine rings is 1. The van der Waals surface area contributed by atoms with Crippen LogP contribution in [-0.4, -0.2) is 55.1 Å². The maximum absolute atomic E-state index is 13.1. The number of carbonyl (C=O) groups excluding carboxylic acids is 3. The van der Waals surface area contributed by atoms with E-state index in [9.17, 15) is 14.4 Å². The monoisotopic (exact) mass is 479 g/mol. The number of nitrogens with zero attached hydrogens (tertiary/aromatic N) is 1. The van der Waals surface area contributed by atoms with E-state index >= 15 is 0 Å². The van der Waals surface area contributed by atoms with Gasteiger partial charge in [0.2, 0.25) is 12.7 Å². The van der Waals surface area contributed by atoms with Crippen LogP contribution in [-0.2, 0) is 4.79 Å². The first-order chi connectivity index (χ1) is 16.8. The van der Waals surface area contributed by atoms with E-state index in [0.29, 0.717) is 55.1 Å². The largest absolute Gasteiger partial charge is 0.454 e.